The van der Waals surface area contributed by atoms with Gasteiger partial charge < -0.3 is 0 Å². The fourth-order valence-electron chi connectivity index (χ4n) is 0.492. The van der Waals surface area contributed by atoms with Crippen LogP contribution in [-0.4, -0.2) is 44.3 Å². The van der Waals surface area contributed by atoms with E-state index in [9.17, 15) is 9.59 Å². The number of H-pyrrole nitrogens is 2. The molecule has 0 aliphatic carbocycles. The predicted molar refractivity (Wildman–Crippen MR) is 43.2 cm³/mol. The third-order valence-electron chi connectivity index (χ3n) is 1.00. The zero-order chi connectivity index (χ0) is 7.72. The quantitative estimate of drug-likeness (QED) is 0.299. The molecule has 0 unspecified atom stereocenters. The number of aromatic amines is 2. The van der Waals surface area contributed by atoms with E-state index in [4.69, 9.17) is 0 Å². The first-order valence-corrected chi connectivity index (χ1v) is 2.92. The molecular weight excluding hydrogens is 177 g/mol. The number of rotatable bonds is 0. The third kappa shape index (κ3) is 2.41. The molecular formula is C4H5N3NaO2S. The molecule has 0 saturated carbocycles. The van der Waals surface area contributed by atoms with E-state index in [2.05, 4.69) is 22.3 Å². The third-order valence-corrected chi connectivity index (χ3v) is 1.38. The van der Waals surface area contributed by atoms with Crippen LogP contribution in [0.5, 0.6) is 0 Å². The fraction of sp³-hybridized carbons (Fsp3) is 0.250. The van der Waals surface area contributed by atoms with Crippen molar-refractivity contribution < 1.29 is 0 Å². The Morgan fingerprint density at radius 2 is 1.91 bits per heavy atom. The molecule has 0 spiro atoms. The van der Waals surface area contributed by atoms with Crippen LogP contribution in [0, 0.1) is 4.77 Å². The Morgan fingerprint density at radius 3 is 2.36 bits per heavy atom. The van der Waals surface area contributed by atoms with Crippen molar-refractivity contribution in [3.05, 3.63) is 25.5 Å². The molecule has 0 aliphatic heterocycles. The van der Waals surface area contributed by atoms with Crippen LogP contribution in [0.1, 0.15) is 0 Å². The monoisotopic (exact) mass is 182 g/mol. The second-order valence-corrected chi connectivity index (χ2v) is 2.15. The average molecular weight is 182 g/mol. The molecule has 0 amide bonds. The molecule has 5 nitrogen and oxygen atoms in total. The minimum atomic E-state index is -0.719. The van der Waals surface area contributed by atoms with Gasteiger partial charge in [0.2, 0.25) is 0 Å². The Balaban J connectivity index is 0.000001000. The summed E-state index contributed by atoms with van der Waals surface area (Å²) < 4.78 is 1.46. The van der Waals surface area contributed by atoms with Crippen molar-refractivity contribution >= 4 is 41.8 Å². The Labute approximate surface area is 88.7 Å². The maximum atomic E-state index is 10.5. The summed E-state index contributed by atoms with van der Waals surface area (Å²) in [6.07, 6.45) is 0. The van der Waals surface area contributed by atoms with Crippen LogP contribution in [0.25, 0.3) is 0 Å². The Hall–Kier alpha value is -0.170. The number of nitrogens with zero attached hydrogens (tertiary/aromatic N) is 1. The standard InChI is InChI=1S/C4H5N3O2S.Na/c1-7-4(10)5-2(8)3(9)6-7;/h1H3,(H,6,9)(H,5,8,10);. The van der Waals surface area contributed by atoms with E-state index >= 15 is 0 Å². The minimum absolute atomic E-state index is 0. The van der Waals surface area contributed by atoms with Crippen LogP contribution < -0.4 is 11.1 Å². The Kier molecular flexibility index (Phi) is 3.95. The van der Waals surface area contributed by atoms with Gasteiger partial charge in [-0.15, -0.1) is 0 Å². The van der Waals surface area contributed by atoms with Gasteiger partial charge in [-0.2, -0.15) is 0 Å². The number of nitrogens with one attached hydrogen (secondary N) is 2. The van der Waals surface area contributed by atoms with E-state index in [1.807, 2.05) is 0 Å². The first-order valence-electron chi connectivity index (χ1n) is 2.51. The number of aryl methyl sites for hydroxylation is 1. The Morgan fingerprint density at radius 1 is 1.36 bits per heavy atom. The van der Waals surface area contributed by atoms with Gasteiger partial charge in [0.25, 0.3) is 0 Å². The summed E-state index contributed by atoms with van der Waals surface area (Å²) in [7, 11) is 1.54. The molecule has 1 rings (SSSR count). The van der Waals surface area contributed by atoms with E-state index in [0.717, 1.165) is 0 Å². The number of hydrogen-bond donors (Lipinski definition) is 2. The van der Waals surface area contributed by atoms with Crippen LogP contribution in [-0.2, 0) is 7.05 Å². The second kappa shape index (κ2) is 4.01. The average Bonchev–Trinajstić information content (AvgIpc) is 1.84. The zero-order valence-electron chi connectivity index (χ0n) is 6.17. The molecule has 1 aromatic rings. The summed E-state index contributed by atoms with van der Waals surface area (Å²) >= 11 is 4.64. The van der Waals surface area contributed by atoms with Crippen molar-refractivity contribution in [1.29, 1.82) is 0 Å². The van der Waals surface area contributed by atoms with Gasteiger partial charge in [-0.25, -0.2) is 0 Å². The predicted octanol–water partition coefficient (Wildman–Crippen LogP) is -1.25. The van der Waals surface area contributed by atoms with Crippen molar-refractivity contribution in [2.45, 2.75) is 0 Å². The topological polar surface area (TPSA) is 70.7 Å². The van der Waals surface area contributed by atoms with Crippen LogP contribution >= 0.6 is 12.2 Å². The van der Waals surface area contributed by atoms with Crippen molar-refractivity contribution in [2.75, 3.05) is 0 Å². The van der Waals surface area contributed by atoms with Crippen LogP contribution in [0.2, 0.25) is 0 Å². The summed E-state index contributed by atoms with van der Waals surface area (Å²) in [4.78, 5) is 23.2. The summed E-state index contributed by atoms with van der Waals surface area (Å²) in [5.74, 6) is 0. The van der Waals surface area contributed by atoms with Crippen molar-refractivity contribution in [3.8, 4) is 0 Å². The minimum Gasteiger partial charge on any atom is -0.293 e. The zero-order valence-corrected chi connectivity index (χ0v) is 8.99. The molecule has 1 heterocycles. The molecule has 0 atom stereocenters. The van der Waals surface area contributed by atoms with Gasteiger partial charge in [0, 0.05) is 36.6 Å². The van der Waals surface area contributed by atoms with Gasteiger partial charge in [0.1, 0.15) is 0 Å². The SMILES string of the molecule is Cn1[nH]c(=O)c(=O)[nH]c1=S.[Na]. The summed E-state index contributed by atoms with van der Waals surface area (Å²) in [5, 5.41) is 2.22. The van der Waals surface area contributed by atoms with E-state index in [0.29, 0.717) is 0 Å². The molecule has 7 heteroatoms. The molecule has 0 saturated heterocycles. The molecule has 0 bridgehead atoms. The van der Waals surface area contributed by atoms with Gasteiger partial charge in [-0.05, 0) is 12.2 Å². The summed E-state index contributed by atoms with van der Waals surface area (Å²) in [5.41, 5.74) is -1.42. The second-order valence-electron chi connectivity index (χ2n) is 1.76. The molecule has 0 aliphatic rings. The largest absolute Gasteiger partial charge is 0.328 e. The summed E-state index contributed by atoms with van der Waals surface area (Å²) in [6, 6.07) is 0. The van der Waals surface area contributed by atoms with Crippen molar-refractivity contribution in [1.82, 2.24) is 14.8 Å². The molecule has 11 heavy (non-hydrogen) atoms. The van der Waals surface area contributed by atoms with E-state index in [1.165, 1.54) is 4.68 Å². The maximum absolute atomic E-state index is 10.5. The molecule has 1 radical (unpaired) electrons. The van der Waals surface area contributed by atoms with Gasteiger partial charge >= 0.3 is 11.1 Å². The molecule has 0 aromatic carbocycles. The Bertz CT molecular complexity index is 403. The van der Waals surface area contributed by atoms with Gasteiger partial charge in [-0.1, -0.05) is 0 Å². The van der Waals surface area contributed by atoms with Gasteiger partial charge in [0.05, 0.1) is 0 Å². The number of aromatic nitrogens is 3. The fourth-order valence-corrected chi connectivity index (χ4v) is 0.630. The first-order chi connectivity index (χ1) is 4.61. The molecule has 1 aromatic heterocycles. The summed E-state index contributed by atoms with van der Waals surface area (Å²) in [6.45, 7) is 0. The van der Waals surface area contributed by atoms with Crippen molar-refractivity contribution in [3.63, 3.8) is 0 Å². The van der Waals surface area contributed by atoms with E-state index in [-0.39, 0.29) is 34.3 Å². The molecule has 0 fully saturated rings. The maximum Gasteiger partial charge on any atom is 0.328 e. The molecule has 55 valence electrons. The van der Waals surface area contributed by atoms with E-state index < -0.39 is 11.1 Å². The van der Waals surface area contributed by atoms with Crippen LogP contribution in [0.3, 0.4) is 0 Å². The normalized spacial score (nSPS) is 8.82. The smallest absolute Gasteiger partial charge is 0.293 e. The van der Waals surface area contributed by atoms with Crippen LogP contribution in [0.4, 0.5) is 0 Å². The van der Waals surface area contributed by atoms with Crippen molar-refractivity contribution in [2.24, 2.45) is 7.05 Å². The first kappa shape index (κ1) is 10.8. The van der Waals surface area contributed by atoms with Gasteiger partial charge in [-0.3, -0.25) is 24.4 Å². The number of hydrogen-bond acceptors (Lipinski definition) is 3. The molecule has 2 N–H and O–H groups in total. The van der Waals surface area contributed by atoms with E-state index in [1.54, 1.807) is 7.05 Å². The van der Waals surface area contributed by atoms with Gasteiger partial charge in [0.15, 0.2) is 4.77 Å². The van der Waals surface area contributed by atoms with Crippen LogP contribution in [0.15, 0.2) is 9.59 Å².